The Kier molecular flexibility index (Phi) is 4.16. The molecule has 7 heteroatoms. The van der Waals surface area contributed by atoms with E-state index < -0.39 is 11.6 Å². The first kappa shape index (κ1) is 17.7. The van der Waals surface area contributed by atoms with Crippen LogP contribution in [0.2, 0.25) is 0 Å². The van der Waals surface area contributed by atoms with E-state index in [9.17, 15) is 13.6 Å². The molecule has 1 amide bonds. The van der Waals surface area contributed by atoms with Crippen molar-refractivity contribution in [3.8, 4) is 0 Å². The molecule has 4 fully saturated rings. The van der Waals surface area contributed by atoms with Crippen LogP contribution in [0.15, 0.2) is 30.6 Å². The normalized spacial score (nSPS) is 31.1. The Balaban J connectivity index is 1.53. The number of rotatable bonds is 2. The van der Waals surface area contributed by atoms with E-state index in [1.807, 2.05) is 4.90 Å². The maximum Gasteiger partial charge on any atom is 0.257 e. The number of fused-ring (bicyclic) bond motifs is 2. The highest BCUT2D eigenvalue weighted by atomic mass is 19.1. The molecule has 3 atom stereocenters. The van der Waals surface area contributed by atoms with E-state index in [-0.39, 0.29) is 23.9 Å². The number of hydrogen-bond donors (Lipinski definition) is 0. The Morgan fingerprint density at radius 1 is 1.04 bits per heavy atom. The Morgan fingerprint density at radius 3 is 2.32 bits per heavy atom. The molecule has 5 nitrogen and oxygen atoms in total. The highest BCUT2D eigenvalue weighted by molar-refractivity contribution is 5.94. The van der Waals surface area contributed by atoms with Gasteiger partial charge in [-0.3, -0.25) is 9.69 Å². The first-order valence-electron chi connectivity index (χ1n) is 9.81. The zero-order valence-corrected chi connectivity index (χ0v) is 15.7. The summed E-state index contributed by atoms with van der Waals surface area (Å²) < 4.78 is 27.8. The molecular weight excluding hydrogens is 362 g/mol. The Hall–Kier alpha value is -2.41. The third kappa shape index (κ3) is 2.80. The summed E-state index contributed by atoms with van der Waals surface area (Å²) >= 11 is 0. The van der Waals surface area contributed by atoms with E-state index in [4.69, 9.17) is 0 Å². The van der Waals surface area contributed by atoms with Crippen LogP contribution < -0.4 is 0 Å². The molecule has 1 aromatic carbocycles. The van der Waals surface area contributed by atoms with Crippen LogP contribution >= 0.6 is 0 Å². The standard InChI is InChI=1S/C21H22F2N4O/c1-12-24-9-15(10-25-12)21(28)27-11-18(14-6-16(22)8-17(23)7-14)20-19(27)13-2-4-26(20)5-3-13/h6-10,13,18-20H,2-5,11H2,1H3/t18-,19+,20+/m1/s1. The number of aryl methyl sites for hydroxylation is 1. The molecule has 0 spiro atoms. The van der Waals surface area contributed by atoms with E-state index in [0.717, 1.165) is 32.0 Å². The fraction of sp³-hybridized carbons (Fsp3) is 0.476. The van der Waals surface area contributed by atoms with Crippen molar-refractivity contribution in [1.29, 1.82) is 0 Å². The molecule has 1 aromatic heterocycles. The van der Waals surface area contributed by atoms with Crippen LogP contribution in [0.4, 0.5) is 8.78 Å². The van der Waals surface area contributed by atoms with Crippen LogP contribution in [-0.2, 0) is 0 Å². The second-order valence-electron chi connectivity index (χ2n) is 8.14. The van der Waals surface area contributed by atoms with Gasteiger partial charge in [-0.1, -0.05) is 0 Å². The molecular formula is C21H22F2N4O. The Morgan fingerprint density at radius 2 is 1.68 bits per heavy atom. The molecule has 4 saturated heterocycles. The lowest BCUT2D eigenvalue weighted by Gasteiger charge is -2.51. The lowest BCUT2D eigenvalue weighted by molar-refractivity contribution is -0.00346. The highest BCUT2D eigenvalue weighted by Gasteiger charge is 2.54. The van der Waals surface area contributed by atoms with E-state index in [0.29, 0.717) is 29.4 Å². The zero-order chi connectivity index (χ0) is 19.4. The third-order valence-electron chi connectivity index (χ3n) is 6.60. The van der Waals surface area contributed by atoms with Gasteiger partial charge in [0, 0.05) is 37.0 Å². The number of aromatic nitrogens is 2. The zero-order valence-electron chi connectivity index (χ0n) is 15.7. The Bertz CT molecular complexity index is 891. The summed E-state index contributed by atoms with van der Waals surface area (Å²) in [5.41, 5.74) is 1.10. The molecule has 0 unspecified atom stereocenters. The predicted molar refractivity (Wildman–Crippen MR) is 98.8 cm³/mol. The Labute approximate surface area is 162 Å². The number of hydrogen-bond acceptors (Lipinski definition) is 4. The fourth-order valence-electron chi connectivity index (χ4n) is 5.41. The van der Waals surface area contributed by atoms with Gasteiger partial charge in [0.1, 0.15) is 17.5 Å². The SMILES string of the molecule is Cc1ncc(C(=O)N2C[C@H](c3cc(F)cc(F)c3)[C@H]3[C@@H]2C2CCN3CC2)cn1. The molecule has 146 valence electrons. The molecule has 6 rings (SSSR count). The quantitative estimate of drug-likeness (QED) is 0.799. The second kappa shape index (κ2) is 6.58. The number of carbonyl (C=O) groups is 1. The number of nitrogens with zero attached hydrogens (tertiary/aromatic N) is 4. The summed E-state index contributed by atoms with van der Waals surface area (Å²) in [6.45, 7) is 4.20. The fourth-order valence-corrected chi connectivity index (χ4v) is 5.41. The van der Waals surface area contributed by atoms with Crippen molar-refractivity contribution in [1.82, 2.24) is 19.8 Å². The maximum absolute atomic E-state index is 13.9. The van der Waals surface area contributed by atoms with Gasteiger partial charge in [-0.25, -0.2) is 18.7 Å². The molecule has 2 aromatic rings. The minimum Gasteiger partial charge on any atom is -0.333 e. The number of carbonyl (C=O) groups excluding carboxylic acids is 1. The van der Waals surface area contributed by atoms with Gasteiger partial charge in [0.15, 0.2) is 0 Å². The minimum absolute atomic E-state index is 0.0626. The van der Waals surface area contributed by atoms with Crippen LogP contribution in [-0.4, -0.2) is 57.4 Å². The van der Waals surface area contributed by atoms with Crippen LogP contribution in [0.5, 0.6) is 0 Å². The average Bonchev–Trinajstić information content (AvgIpc) is 3.11. The van der Waals surface area contributed by atoms with Crippen LogP contribution in [0.3, 0.4) is 0 Å². The summed E-state index contributed by atoms with van der Waals surface area (Å²) in [4.78, 5) is 25.9. The lowest BCUT2D eigenvalue weighted by atomic mass is 9.75. The van der Waals surface area contributed by atoms with Gasteiger partial charge in [-0.2, -0.15) is 0 Å². The van der Waals surface area contributed by atoms with Gasteiger partial charge in [0.2, 0.25) is 0 Å². The van der Waals surface area contributed by atoms with Crippen molar-refractivity contribution < 1.29 is 13.6 Å². The predicted octanol–water partition coefficient (Wildman–Crippen LogP) is 2.77. The molecule has 2 bridgehead atoms. The van der Waals surface area contributed by atoms with E-state index >= 15 is 0 Å². The van der Waals surface area contributed by atoms with E-state index in [1.165, 1.54) is 12.1 Å². The highest BCUT2D eigenvalue weighted by Crippen LogP contribution is 2.47. The third-order valence-corrected chi connectivity index (χ3v) is 6.60. The molecule has 5 heterocycles. The van der Waals surface area contributed by atoms with Gasteiger partial charge < -0.3 is 4.90 Å². The summed E-state index contributed by atoms with van der Waals surface area (Å²) in [7, 11) is 0. The molecule has 4 aliphatic heterocycles. The minimum atomic E-state index is -0.570. The number of halogens is 2. The summed E-state index contributed by atoms with van der Waals surface area (Å²) in [5.74, 6) is -0.296. The van der Waals surface area contributed by atoms with E-state index in [1.54, 1.807) is 19.3 Å². The average molecular weight is 384 g/mol. The van der Waals surface area contributed by atoms with Crippen LogP contribution in [0.25, 0.3) is 0 Å². The summed E-state index contributed by atoms with van der Waals surface area (Å²) in [6, 6.07) is 3.89. The molecule has 28 heavy (non-hydrogen) atoms. The molecule has 0 radical (unpaired) electrons. The van der Waals surface area contributed by atoms with Crippen LogP contribution in [0.1, 0.15) is 40.5 Å². The second-order valence-corrected chi connectivity index (χ2v) is 8.14. The van der Waals surface area contributed by atoms with Crippen molar-refractivity contribution in [2.24, 2.45) is 5.92 Å². The number of benzene rings is 1. The van der Waals surface area contributed by atoms with Gasteiger partial charge in [0.05, 0.1) is 11.6 Å². The molecule has 4 aliphatic rings. The van der Waals surface area contributed by atoms with Crippen molar-refractivity contribution in [2.45, 2.75) is 37.8 Å². The molecule has 0 aliphatic carbocycles. The van der Waals surface area contributed by atoms with Gasteiger partial charge in [0.25, 0.3) is 5.91 Å². The molecule has 0 saturated carbocycles. The van der Waals surface area contributed by atoms with Gasteiger partial charge in [-0.15, -0.1) is 0 Å². The van der Waals surface area contributed by atoms with Crippen molar-refractivity contribution in [3.63, 3.8) is 0 Å². The smallest absolute Gasteiger partial charge is 0.257 e. The van der Waals surface area contributed by atoms with Crippen molar-refractivity contribution >= 4 is 5.91 Å². The largest absolute Gasteiger partial charge is 0.333 e. The number of amides is 1. The number of likely N-dealkylation sites (tertiary alicyclic amines) is 1. The van der Waals surface area contributed by atoms with Gasteiger partial charge in [-0.05, 0) is 56.5 Å². The summed E-state index contributed by atoms with van der Waals surface area (Å²) in [6.07, 6.45) is 5.24. The first-order chi connectivity index (χ1) is 13.5. The topological polar surface area (TPSA) is 49.3 Å². The van der Waals surface area contributed by atoms with Crippen LogP contribution in [0, 0.1) is 24.5 Å². The molecule has 0 N–H and O–H groups in total. The monoisotopic (exact) mass is 384 g/mol. The maximum atomic E-state index is 13.9. The summed E-state index contributed by atoms with van der Waals surface area (Å²) in [5, 5.41) is 0. The van der Waals surface area contributed by atoms with Gasteiger partial charge >= 0.3 is 0 Å². The van der Waals surface area contributed by atoms with E-state index in [2.05, 4.69) is 14.9 Å². The first-order valence-corrected chi connectivity index (χ1v) is 9.81. The number of piperidine rings is 3. The lowest BCUT2D eigenvalue weighted by Crippen LogP contribution is -2.60. The van der Waals surface area contributed by atoms with Crippen molar-refractivity contribution in [3.05, 3.63) is 59.2 Å². The van der Waals surface area contributed by atoms with Crippen molar-refractivity contribution in [2.75, 3.05) is 19.6 Å².